The molecule has 1 atom stereocenters. The van der Waals surface area contributed by atoms with E-state index in [2.05, 4.69) is 65.9 Å². The summed E-state index contributed by atoms with van der Waals surface area (Å²) in [5, 5.41) is 0. The van der Waals surface area contributed by atoms with Crippen LogP contribution in [0.25, 0.3) is 0 Å². The normalized spacial score (nSPS) is 18.5. The van der Waals surface area contributed by atoms with Gasteiger partial charge in [0.15, 0.2) is 0 Å². The molecular weight excluding hydrogens is 284 g/mol. The third-order valence-corrected chi connectivity index (χ3v) is 5.92. The maximum absolute atomic E-state index is 6.48. The van der Waals surface area contributed by atoms with Gasteiger partial charge in [0.25, 0.3) is 0 Å². The fourth-order valence-corrected chi connectivity index (χ4v) is 4.83. The zero-order valence-electron chi connectivity index (χ0n) is 15.5. The molecule has 0 N–H and O–H groups in total. The molecule has 1 nitrogen and oxygen atoms in total. The first-order valence-electron chi connectivity index (χ1n) is 8.68. The van der Waals surface area contributed by atoms with Gasteiger partial charge in [0, 0.05) is 8.80 Å². The smallest absolute Gasteiger partial charge is 0.0939 e. The van der Waals surface area contributed by atoms with Gasteiger partial charge in [-0.2, -0.15) is 0 Å². The number of benzene rings is 1. The molecule has 1 aliphatic carbocycles. The van der Waals surface area contributed by atoms with E-state index in [-0.39, 0.29) is 19.8 Å². The molecule has 2 rings (SSSR count). The van der Waals surface area contributed by atoms with E-state index >= 15 is 0 Å². The Bertz CT molecular complexity index is 509. The Morgan fingerprint density at radius 2 is 1.86 bits per heavy atom. The van der Waals surface area contributed by atoms with Gasteiger partial charge in [0.2, 0.25) is 0 Å². The van der Waals surface area contributed by atoms with Crippen LogP contribution >= 0.6 is 0 Å². The van der Waals surface area contributed by atoms with E-state index in [9.17, 15) is 0 Å². The van der Waals surface area contributed by atoms with Gasteiger partial charge >= 0.3 is 0 Å². The second-order valence-electron chi connectivity index (χ2n) is 8.70. The molecule has 2 heteroatoms. The minimum atomic E-state index is -0.210. The number of hydrogen-bond donors (Lipinski definition) is 0. The topological polar surface area (TPSA) is 9.23 Å². The fourth-order valence-electron chi connectivity index (χ4n) is 3.38. The molecule has 0 spiro atoms. The van der Waals surface area contributed by atoms with Crippen molar-refractivity contribution in [2.45, 2.75) is 78.1 Å². The SMILES string of the molecule is Cc1cccc(C(C)C[Si](C)C)c1C1(OCC(C)(C)C)CC1. The highest BCUT2D eigenvalue weighted by Gasteiger charge is 2.48. The third-order valence-electron chi connectivity index (χ3n) is 4.49. The van der Waals surface area contributed by atoms with Crippen molar-refractivity contribution in [2.24, 2.45) is 5.41 Å². The van der Waals surface area contributed by atoms with Gasteiger partial charge in [-0.05, 0) is 47.8 Å². The highest BCUT2D eigenvalue weighted by molar-refractivity contribution is 6.55. The van der Waals surface area contributed by atoms with Gasteiger partial charge in [-0.15, -0.1) is 0 Å². The summed E-state index contributed by atoms with van der Waals surface area (Å²) in [5.74, 6) is 0.648. The number of hydrogen-bond acceptors (Lipinski definition) is 1. The van der Waals surface area contributed by atoms with Crippen molar-refractivity contribution in [3.05, 3.63) is 34.9 Å². The number of aryl methyl sites for hydroxylation is 1. The van der Waals surface area contributed by atoms with Crippen molar-refractivity contribution >= 4 is 8.80 Å². The van der Waals surface area contributed by atoms with Gasteiger partial charge in [0.1, 0.15) is 0 Å². The van der Waals surface area contributed by atoms with Crippen LogP contribution in [-0.2, 0) is 10.3 Å². The zero-order valence-corrected chi connectivity index (χ0v) is 16.5. The quantitative estimate of drug-likeness (QED) is 0.593. The molecule has 1 aromatic rings. The van der Waals surface area contributed by atoms with Crippen molar-refractivity contribution in [3.8, 4) is 0 Å². The molecule has 0 aromatic heterocycles. The van der Waals surface area contributed by atoms with E-state index in [1.165, 1.54) is 35.6 Å². The van der Waals surface area contributed by atoms with Crippen molar-refractivity contribution < 1.29 is 4.74 Å². The lowest BCUT2D eigenvalue weighted by atomic mass is 9.88. The van der Waals surface area contributed by atoms with Crippen LogP contribution in [0.5, 0.6) is 0 Å². The Labute approximate surface area is 139 Å². The van der Waals surface area contributed by atoms with E-state index in [0.717, 1.165) is 6.61 Å². The fraction of sp³-hybridized carbons (Fsp3) is 0.700. The van der Waals surface area contributed by atoms with Crippen LogP contribution in [-0.4, -0.2) is 15.4 Å². The third kappa shape index (κ3) is 4.23. The number of ether oxygens (including phenoxy) is 1. The Balaban J connectivity index is 2.30. The van der Waals surface area contributed by atoms with Gasteiger partial charge < -0.3 is 4.74 Å². The van der Waals surface area contributed by atoms with E-state index in [0.29, 0.717) is 5.92 Å². The van der Waals surface area contributed by atoms with Crippen LogP contribution in [0.1, 0.15) is 63.1 Å². The lowest BCUT2D eigenvalue weighted by Gasteiger charge is -2.29. The van der Waals surface area contributed by atoms with E-state index in [1.807, 2.05) is 0 Å². The molecule has 0 aliphatic heterocycles. The molecule has 1 saturated carbocycles. The molecule has 0 bridgehead atoms. The molecule has 1 radical (unpaired) electrons. The summed E-state index contributed by atoms with van der Waals surface area (Å²) in [6.45, 7) is 17.1. The molecule has 0 saturated heterocycles. The van der Waals surface area contributed by atoms with Gasteiger partial charge in [-0.1, -0.05) is 65.0 Å². The first kappa shape index (κ1) is 17.7. The predicted octanol–water partition coefficient (Wildman–Crippen LogP) is 5.90. The molecule has 1 aliphatic rings. The van der Waals surface area contributed by atoms with Crippen molar-refractivity contribution in [3.63, 3.8) is 0 Å². The summed E-state index contributed by atoms with van der Waals surface area (Å²) >= 11 is 0. The molecule has 22 heavy (non-hydrogen) atoms. The maximum Gasteiger partial charge on any atom is 0.0939 e. The van der Waals surface area contributed by atoms with Crippen LogP contribution in [0, 0.1) is 12.3 Å². The Hall–Kier alpha value is -0.603. The first-order chi connectivity index (χ1) is 10.1. The highest BCUT2D eigenvalue weighted by atomic mass is 28.3. The minimum absolute atomic E-state index is 0.0105. The van der Waals surface area contributed by atoms with Crippen molar-refractivity contribution in [2.75, 3.05) is 6.61 Å². The van der Waals surface area contributed by atoms with Crippen LogP contribution < -0.4 is 0 Å². The Morgan fingerprint density at radius 3 is 2.36 bits per heavy atom. The summed E-state index contributed by atoms with van der Waals surface area (Å²) in [4.78, 5) is 0. The van der Waals surface area contributed by atoms with Gasteiger partial charge in [-0.3, -0.25) is 0 Å². The average molecular weight is 318 g/mol. The molecule has 1 fully saturated rings. The molecule has 0 heterocycles. The molecular formula is C20H33OSi. The second-order valence-corrected chi connectivity index (χ2v) is 11.5. The standard InChI is InChI=1S/C20H33OSi/c1-15-9-8-10-17(16(2)13-22(6)7)18(15)20(11-12-20)21-14-19(3,4)5/h8-10,16H,11-14H2,1-7H3. The minimum Gasteiger partial charge on any atom is -0.370 e. The summed E-state index contributed by atoms with van der Waals surface area (Å²) < 4.78 is 6.48. The summed E-state index contributed by atoms with van der Waals surface area (Å²) in [7, 11) is -0.210. The van der Waals surface area contributed by atoms with E-state index in [4.69, 9.17) is 4.74 Å². The van der Waals surface area contributed by atoms with Crippen molar-refractivity contribution in [1.29, 1.82) is 0 Å². The molecule has 123 valence electrons. The van der Waals surface area contributed by atoms with Crippen LogP contribution in [0.4, 0.5) is 0 Å². The predicted molar refractivity (Wildman–Crippen MR) is 98.2 cm³/mol. The first-order valence-corrected chi connectivity index (χ1v) is 11.4. The summed E-state index contributed by atoms with van der Waals surface area (Å²) in [5.41, 5.74) is 4.70. The Morgan fingerprint density at radius 1 is 1.23 bits per heavy atom. The molecule has 1 aromatic carbocycles. The van der Waals surface area contributed by atoms with Gasteiger partial charge in [0.05, 0.1) is 12.2 Å². The monoisotopic (exact) mass is 317 g/mol. The molecule has 0 amide bonds. The Kier molecular flexibility index (Phi) is 5.23. The van der Waals surface area contributed by atoms with Crippen LogP contribution in [0.2, 0.25) is 19.1 Å². The zero-order chi connectivity index (χ0) is 16.5. The summed E-state index contributed by atoms with van der Waals surface area (Å²) in [6, 6.07) is 8.17. The number of rotatable bonds is 6. The maximum atomic E-state index is 6.48. The van der Waals surface area contributed by atoms with E-state index in [1.54, 1.807) is 0 Å². The summed E-state index contributed by atoms with van der Waals surface area (Å²) in [6.07, 6.45) is 2.37. The highest BCUT2D eigenvalue weighted by Crippen LogP contribution is 2.53. The lowest BCUT2D eigenvalue weighted by Crippen LogP contribution is -2.24. The van der Waals surface area contributed by atoms with Crippen molar-refractivity contribution in [1.82, 2.24) is 0 Å². The second kappa shape index (κ2) is 6.49. The van der Waals surface area contributed by atoms with Gasteiger partial charge in [-0.25, -0.2) is 0 Å². The molecule has 1 unspecified atom stereocenters. The largest absolute Gasteiger partial charge is 0.370 e. The van der Waals surface area contributed by atoms with E-state index < -0.39 is 0 Å². The average Bonchev–Trinajstić information content (AvgIpc) is 3.15. The lowest BCUT2D eigenvalue weighted by molar-refractivity contribution is -0.0126. The van der Waals surface area contributed by atoms with Crippen LogP contribution in [0.15, 0.2) is 18.2 Å². The van der Waals surface area contributed by atoms with Crippen LogP contribution in [0.3, 0.4) is 0 Å².